The number of urea groups is 1. The lowest BCUT2D eigenvalue weighted by molar-refractivity contribution is -0.125. The van der Waals surface area contributed by atoms with E-state index < -0.39 is 26.7 Å². The molecule has 0 aromatic rings. The number of carbonyl (C=O) groups is 2. The molecule has 1 fully saturated rings. The molecule has 0 radical (unpaired) electrons. The number of imide groups is 1. The summed E-state index contributed by atoms with van der Waals surface area (Å²) in [5.74, 6) is -0.488. The number of hydrogen-bond acceptors (Lipinski definition) is 4. The fourth-order valence-corrected chi connectivity index (χ4v) is 2.71. The van der Waals surface area contributed by atoms with Crippen molar-refractivity contribution in [3.05, 3.63) is 0 Å². The lowest BCUT2D eigenvalue weighted by Gasteiger charge is -2.30. The van der Waals surface area contributed by atoms with Crippen LogP contribution in [0, 0.1) is 0 Å². The molecule has 1 atom stereocenters. The summed E-state index contributed by atoms with van der Waals surface area (Å²) in [4.78, 5) is 24.6. The Labute approximate surface area is 108 Å². The Bertz CT molecular complexity index is 458. The summed E-state index contributed by atoms with van der Waals surface area (Å²) in [6, 6.07) is -0.511. The van der Waals surface area contributed by atoms with Gasteiger partial charge in [-0.2, -0.15) is 0 Å². The number of sulfone groups is 1. The highest BCUT2D eigenvalue weighted by Gasteiger charge is 2.47. The third-order valence-electron chi connectivity index (χ3n) is 3.56. The van der Waals surface area contributed by atoms with Crippen molar-refractivity contribution in [3.8, 4) is 0 Å². The Morgan fingerprint density at radius 2 is 1.89 bits per heavy atom. The molecule has 0 saturated carbocycles. The predicted molar refractivity (Wildman–Crippen MR) is 67.9 cm³/mol. The van der Waals surface area contributed by atoms with E-state index in [1.165, 1.54) is 4.90 Å². The van der Waals surface area contributed by atoms with Crippen molar-refractivity contribution in [3.63, 3.8) is 0 Å². The maximum atomic E-state index is 11.7. The molecule has 0 spiro atoms. The number of rotatable bonds is 5. The van der Waals surface area contributed by atoms with Crippen molar-refractivity contribution in [1.29, 1.82) is 0 Å². The standard InChI is InChI=1S/C11H20N2O4S/c1-5-11(4)9(14)12-10(15)13(11)6-7-18(16,17)8(2)3/h8H,5-7H2,1-4H3,(H,12,14,15). The molecule has 1 aliphatic rings. The second kappa shape index (κ2) is 4.87. The monoisotopic (exact) mass is 276 g/mol. The first-order valence-electron chi connectivity index (χ1n) is 5.99. The summed E-state index contributed by atoms with van der Waals surface area (Å²) in [6.07, 6.45) is 0.451. The summed E-state index contributed by atoms with van der Waals surface area (Å²) < 4.78 is 23.5. The van der Waals surface area contributed by atoms with Crippen molar-refractivity contribution in [2.45, 2.75) is 44.9 Å². The molecule has 1 N–H and O–H groups in total. The van der Waals surface area contributed by atoms with Crippen molar-refractivity contribution >= 4 is 21.8 Å². The maximum Gasteiger partial charge on any atom is 0.325 e. The average Bonchev–Trinajstić information content (AvgIpc) is 2.48. The van der Waals surface area contributed by atoms with Crippen LogP contribution >= 0.6 is 0 Å². The minimum Gasteiger partial charge on any atom is -0.309 e. The van der Waals surface area contributed by atoms with Crippen LogP contribution in [0.2, 0.25) is 0 Å². The molecule has 1 saturated heterocycles. The Hall–Kier alpha value is -1.11. The summed E-state index contributed by atoms with van der Waals surface area (Å²) in [6.45, 7) is 6.69. The Morgan fingerprint density at radius 1 is 1.33 bits per heavy atom. The lowest BCUT2D eigenvalue weighted by Crippen LogP contribution is -2.48. The van der Waals surface area contributed by atoms with E-state index in [0.717, 1.165) is 0 Å². The highest BCUT2D eigenvalue weighted by Crippen LogP contribution is 2.25. The van der Waals surface area contributed by atoms with Gasteiger partial charge in [-0.3, -0.25) is 10.1 Å². The Balaban J connectivity index is 2.84. The van der Waals surface area contributed by atoms with E-state index >= 15 is 0 Å². The maximum absolute atomic E-state index is 11.7. The zero-order valence-corrected chi connectivity index (χ0v) is 12.0. The van der Waals surface area contributed by atoms with Crippen LogP contribution in [0.5, 0.6) is 0 Å². The molecule has 1 rings (SSSR count). The van der Waals surface area contributed by atoms with Gasteiger partial charge in [0.2, 0.25) is 0 Å². The van der Waals surface area contributed by atoms with Gasteiger partial charge in [0.1, 0.15) is 5.54 Å². The van der Waals surface area contributed by atoms with Gasteiger partial charge in [-0.1, -0.05) is 6.92 Å². The van der Waals surface area contributed by atoms with Crippen LogP contribution in [-0.4, -0.2) is 48.3 Å². The highest BCUT2D eigenvalue weighted by atomic mass is 32.2. The molecule has 7 heteroatoms. The Morgan fingerprint density at radius 3 is 2.33 bits per heavy atom. The van der Waals surface area contributed by atoms with Crippen LogP contribution in [0.4, 0.5) is 4.79 Å². The first kappa shape index (κ1) is 14.9. The fraction of sp³-hybridized carbons (Fsp3) is 0.818. The molecule has 0 aromatic heterocycles. The summed E-state index contributed by atoms with van der Waals surface area (Å²) in [7, 11) is -3.22. The van der Waals surface area contributed by atoms with Crippen LogP contribution in [0.25, 0.3) is 0 Å². The quantitative estimate of drug-likeness (QED) is 0.742. The van der Waals surface area contributed by atoms with Gasteiger partial charge < -0.3 is 4.90 Å². The molecular formula is C11H20N2O4S. The van der Waals surface area contributed by atoms with E-state index in [2.05, 4.69) is 5.32 Å². The normalized spacial score (nSPS) is 24.8. The fourth-order valence-electron chi connectivity index (χ4n) is 1.80. The van der Waals surface area contributed by atoms with E-state index in [-0.39, 0.29) is 18.2 Å². The molecule has 3 amide bonds. The Kier molecular flexibility index (Phi) is 4.05. The highest BCUT2D eigenvalue weighted by molar-refractivity contribution is 7.92. The molecule has 0 bridgehead atoms. The third-order valence-corrected chi connectivity index (χ3v) is 5.74. The van der Waals surface area contributed by atoms with Crippen molar-refractivity contribution < 1.29 is 18.0 Å². The molecule has 18 heavy (non-hydrogen) atoms. The molecule has 1 aliphatic heterocycles. The second-order valence-electron chi connectivity index (χ2n) is 4.95. The molecule has 0 aromatic carbocycles. The lowest BCUT2D eigenvalue weighted by atomic mass is 9.98. The zero-order valence-electron chi connectivity index (χ0n) is 11.2. The van der Waals surface area contributed by atoms with Gasteiger partial charge in [0.05, 0.1) is 11.0 Å². The number of nitrogens with one attached hydrogen (secondary N) is 1. The van der Waals surface area contributed by atoms with E-state index in [9.17, 15) is 18.0 Å². The van der Waals surface area contributed by atoms with Gasteiger partial charge in [0, 0.05) is 6.54 Å². The summed E-state index contributed by atoms with van der Waals surface area (Å²) >= 11 is 0. The van der Waals surface area contributed by atoms with Crippen molar-refractivity contribution in [2.24, 2.45) is 0 Å². The molecule has 1 unspecified atom stereocenters. The second-order valence-corrected chi connectivity index (χ2v) is 7.63. The molecule has 0 aliphatic carbocycles. The first-order valence-corrected chi connectivity index (χ1v) is 7.71. The minimum absolute atomic E-state index is 0.0441. The van der Waals surface area contributed by atoms with Gasteiger partial charge in [0.25, 0.3) is 5.91 Å². The number of hydrogen-bond donors (Lipinski definition) is 1. The van der Waals surface area contributed by atoms with Crippen molar-refractivity contribution in [2.75, 3.05) is 12.3 Å². The summed E-state index contributed by atoms with van der Waals surface area (Å²) in [5, 5.41) is 1.75. The predicted octanol–water partition coefficient (Wildman–Crippen LogP) is 0.530. The largest absolute Gasteiger partial charge is 0.325 e. The molecule has 1 heterocycles. The van der Waals surface area contributed by atoms with Gasteiger partial charge in [-0.05, 0) is 27.2 Å². The number of amides is 3. The third kappa shape index (κ3) is 2.50. The van der Waals surface area contributed by atoms with Crippen molar-refractivity contribution in [1.82, 2.24) is 10.2 Å². The van der Waals surface area contributed by atoms with E-state index in [1.54, 1.807) is 27.7 Å². The number of carbonyl (C=O) groups excluding carboxylic acids is 2. The van der Waals surface area contributed by atoms with Gasteiger partial charge in [0.15, 0.2) is 9.84 Å². The van der Waals surface area contributed by atoms with Crippen LogP contribution in [0.3, 0.4) is 0 Å². The first-order chi connectivity index (χ1) is 8.15. The summed E-state index contributed by atoms with van der Waals surface area (Å²) in [5.41, 5.74) is -0.941. The SMILES string of the molecule is CCC1(C)C(=O)NC(=O)N1CCS(=O)(=O)C(C)C. The van der Waals surface area contributed by atoms with Gasteiger partial charge in [-0.15, -0.1) is 0 Å². The van der Waals surface area contributed by atoms with E-state index in [4.69, 9.17) is 0 Å². The van der Waals surface area contributed by atoms with Crippen LogP contribution in [0.1, 0.15) is 34.1 Å². The number of nitrogens with zero attached hydrogens (tertiary/aromatic N) is 1. The van der Waals surface area contributed by atoms with Gasteiger partial charge in [-0.25, -0.2) is 13.2 Å². The van der Waals surface area contributed by atoms with Crippen LogP contribution in [-0.2, 0) is 14.6 Å². The van der Waals surface area contributed by atoms with Crippen LogP contribution in [0.15, 0.2) is 0 Å². The molecular weight excluding hydrogens is 256 g/mol. The van der Waals surface area contributed by atoms with E-state index in [1.807, 2.05) is 0 Å². The van der Waals surface area contributed by atoms with E-state index in [0.29, 0.717) is 6.42 Å². The minimum atomic E-state index is -3.22. The topological polar surface area (TPSA) is 83.6 Å². The van der Waals surface area contributed by atoms with Crippen LogP contribution < -0.4 is 5.32 Å². The molecule has 6 nitrogen and oxygen atoms in total. The van der Waals surface area contributed by atoms with Gasteiger partial charge >= 0.3 is 6.03 Å². The smallest absolute Gasteiger partial charge is 0.309 e. The zero-order chi connectivity index (χ0) is 14.1. The average molecular weight is 276 g/mol. The molecule has 104 valence electrons.